The quantitative estimate of drug-likeness (QED) is 0.862. The van der Waals surface area contributed by atoms with Gasteiger partial charge in [0.1, 0.15) is 11.8 Å². The van der Waals surface area contributed by atoms with Crippen molar-refractivity contribution >= 4 is 5.91 Å². The normalized spacial score (nSPS) is 18.0. The first-order chi connectivity index (χ1) is 11.4. The second-order valence-electron chi connectivity index (χ2n) is 7.09. The van der Waals surface area contributed by atoms with Crippen LogP contribution in [0.3, 0.4) is 0 Å². The van der Waals surface area contributed by atoms with Crippen molar-refractivity contribution in [2.75, 3.05) is 13.7 Å². The van der Waals surface area contributed by atoms with Crippen molar-refractivity contribution in [3.63, 3.8) is 0 Å². The maximum absolute atomic E-state index is 12.6. The number of carbonyl (C=O) groups excluding carboxylic acids is 1. The van der Waals surface area contributed by atoms with E-state index in [9.17, 15) is 4.79 Å². The van der Waals surface area contributed by atoms with Crippen molar-refractivity contribution < 1.29 is 14.1 Å². The minimum Gasteiger partial charge on any atom is -0.497 e. The zero-order valence-corrected chi connectivity index (χ0v) is 14.6. The Kier molecular flexibility index (Phi) is 4.30. The highest BCUT2D eigenvalue weighted by molar-refractivity contribution is 5.82. The molecule has 1 aliphatic rings. The molecule has 24 heavy (non-hydrogen) atoms. The monoisotopic (exact) mass is 329 g/mol. The molecule has 2 aromatic rings. The Labute approximate surface area is 141 Å². The average Bonchev–Trinajstić information content (AvgIpc) is 3.22. The summed E-state index contributed by atoms with van der Waals surface area (Å²) >= 11 is 0. The molecule has 0 spiro atoms. The molecule has 1 unspecified atom stereocenters. The van der Waals surface area contributed by atoms with E-state index in [0.717, 1.165) is 30.7 Å². The lowest BCUT2D eigenvalue weighted by molar-refractivity contribution is -0.140. The number of rotatable bonds is 3. The van der Waals surface area contributed by atoms with Gasteiger partial charge in [-0.2, -0.15) is 4.98 Å². The van der Waals surface area contributed by atoms with E-state index in [1.807, 2.05) is 49.9 Å². The van der Waals surface area contributed by atoms with Crippen LogP contribution in [0.4, 0.5) is 0 Å². The van der Waals surface area contributed by atoms with Gasteiger partial charge in [0.2, 0.25) is 17.6 Å². The van der Waals surface area contributed by atoms with Gasteiger partial charge in [0.25, 0.3) is 0 Å². The summed E-state index contributed by atoms with van der Waals surface area (Å²) in [6.45, 7) is 6.53. The number of benzene rings is 1. The Morgan fingerprint density at radius 2 is 2.00 bits per heavy atom. The molecule has 128 valence electrons. The summed E-state index contributed by atoms with van der Waals surface area (Å²) in [5, 5.41) is 4.08. The van der Waals surface area contributed by atoms with Crippen LogP contribution in [0.15, 0.2) is 28.8 Å². The van der Waals surface area contributed by atoms with Crippen molar-refractivity contribution in [2.45, 2.75) is 39.7 Å². The van der Waals surface area contributed by atoms with E-state index in [1.54, 1.807) is 7.11 Å². The predicted molar refractivity (Wildman–Crippen MR) is 89.4 cm³/mol. The van der Waals surface area contributed by atoms with Gasteiger partial charge >= 0.3 is 0 Å². The van der Waals surface area contributed by atoms with E-state index in [2.05, 4.69) is 10.1 Å². The van der Waals surface area contributed by atoms with Crippen LogP contribution in [0.2, 0.25) is 0 Å². The maximum Gasteiger partial charge on any atom is 0.249 e. The highest BCUT2D eigenvalue weighted by Crippen LogP contribution is 2.35. The van der Waals surface area contributed by atoms with E-state index in [0.29, 0.717) is 11.7 Å². The third kappa shape index (κ3) is 3.13. The third-order valence-electron chi connectivity index (χ3n) is 4.23. The first kappa shape index (κ1) is 16.5. The number of aromatic nitrogens is 2. The van der Waals surface area contributed by atoms with Crippen molar-refractivity contribution in [1.82, 2.24) is 15.0 Å². The maximum atomic E-state index is 12.6. The summed E-state index contributed by atoms with van der Waals surface area (Å²) in [5.74, 6) is 1.94. The molecule has 1 atom stereocenters. The Morgan fingerprint density at radius 1 is 1.29 bits per heavy atom. The van der Waals surface area contributed by atoms with Gasteiger partial charge in [-0.1, -0.05) is 25.9 Å². The smallest absolute Gasteiger partial charge is 0.249 e. The lowest BCUT2D eigenvalue weighted by Crippen LogP contribution is -2.39. The van der Waals surface area contributed by atoms with Gasteiger partial charge in [-0.25, -0.2) is 0 Å². The second-order valence-corrected chi connectivity index (χ2v) is 7.09. The Morgan fingerprint density at radius 3 is 2.62 bits per heavy atom. The van der Waals surface area contributed by atoms with E-state index < -0.39 is 5.41 Å². The molecule has 0 radical (unpaired) electrons. The molecule has 0 N–H and O–H groups in total. The topological polar surface area (TPSA) is 68.5 Å². The van der Waals surface area contributed by atoms with Crippen molar-refractivity contribution in [3.05, 3.63) is 30.2 Å². The summed E-state index contributed by atoms with van der Waals surface area (Å²) in [7, 11) is 1.63. The fraction of sp³-hybridized carbons (Fsp3) is 0.500. The van der Waals surface area contributed by atoms with Gasteiger partial charge in [0.15, 0.2) is 0 Å². The molecule has 1 fully saturated rings. The van der Waals surface area contributed by atoms with Crippen LogP contribution in [-0.4, -0.2) is 34.6 Å². The average molecular weight is 329 g/mol. The lowest BCUT2D eigenvalue weighted by Gasteiger charge is -2.29. The van der Waals surface area contributed by atoms with Crippen LogP contribution in [0.25, 0.3) is 11.4 Å². The molecule has 1 aliphatic heterocycles. The SMILES string of the molecule is COc1ccc(-c2noc(C3CCCN3C(=O)C(C)(C)C)n2)cc1. The van der Waals surface area contributed by atoms with Crippen LogP contribution < -0.4 is 4.74 Å². The van der Waals surface area contributed by atoms with Gasteiger partial charge in [-0.3, -0.25) is 4.79 Å². The first-order valence-corrected chi connectivity index (χ1v) is 8.19. The molecule has 1 amide bonds. The minimum atomic E-state index is -0.415. The number of methoxy groups -OCH3 is 1. The number of hydrogen-bond acceptors (Lipinski definition) is 5. The summed E-state index contributed by atoms with van der Waals surface area (Å²) < 4.78 is 10.6. The van der Waals surface area contributed by atoms with Gasteiger partial charge in [0, 0.05) is 17.5 Å². The predicted octanol–water partition coefficient (Wildman–Crippen LogP) is 3.45. The summed E-state index contributed by atoms with van der Waals surface area (Å²) in [6, 6.07) is 7.36. The van der Waals surface area contributed by atoms with Crippen molar-refractivity contribution in [2.24, 2.45) is 5.41 Å². The van der Waals surface area contributed by atoms with Crippen LogP contribution in [0.1, 0.15) is 45.5 Å². The lowest BCUT2D eigenvalue weighted by atomic mass is 9.94. The van der Waals surface area contributed by atoms with Crippen LogP contribution in [0, 0.1) is 5.41 Å². The fourth-order valence-electron chi connectivity index (χ4n) is 2.93. The van der Waals surface area contributed by atoms with Gasteiger partial charge in [0.05, 0.1) is 7.11 Å². The van der Waals surface area contributed by atoms with E-state index in [4.69, 9.17) is 9.26 Å². The zero-order valence-electron chi connectivity index (χ0n) is 14.6. The first-order valence-electron chi connectivity index (χ1n) is 8.19. The summed E-state index contributed by atoms with van der Waals surface area (Å²) in [4.78, 5) is 19.0. The van der Waals surface area contributed by atoms with Crippen LogP contribution >= 0.6 is 0 Å². The fourth-order valence-corrected chi connectivity index (χ4v) is 2.93. The Hall–Kier alpha value is -2.37. The van der Waals surface area contributed by atoms with E-state index >= 15 is 0 Å². The van der Waals surface area contributed by atoms with E-state index in [1.165, 1.54) is 0 Å². The number of hydrogen-bond donors (Lipinski definition) is 0. The largest absolute Gasteiger partial charge is 0.497 e. The zero-order chi connectivity index (χ0) is 17.3. The Bertz CT molecular complexity index is 716. The van der Waals surface area contributed by atoms with Crippen molar-refractivity contribution in [3.8, 4) is 17.1 Å². The van der Waals surface area contributed by atoms with E-state index in [-0.39, 0.29) is 11.9 Å². The molecule has 0 saturated carbocycles. The van der Waals surface area contributed by atoms with Crippen LogP contribution in [0.5, 0.6) is 5.75 Å². The Balaban J connectivity index is 1.82. The van der Waals surface area contributed by atoms with Gasteiger partial charge in [-0.15, -0.1) is 0 Å². The number of ether oxygens (including phenoxy) is 1. The number of nitrogens with zero attached hydrogens (tertiary/aromatic N) is 3. The minimum absolute atomic E-state index is 0.120. The molecule has 1 saturated heterocycles. The van der Waals surface area contributed by atoms with Crippen molar-refractivity contribution in [1.29, 1.82) is 0 Å². The molecule has 6 heteroatoms. The summed E-state index contributed by atoms with van der Waals surface area (Å²) in [5.41, 5.74) is 0.444. The number of likely N-dealkylation sites (tertiary alicyclic amines) is 1. The number of amides is 1. The molecular weight excluding hydrogens is 306 g/mol. The third-order valence-corrected chi connectivity index (χ3v) is 4.23. The highest BCUT2D eigenvalue weighted by atomic mass is 16.5. The number of carbonyl (C=O) groups is 1. The highest BCUT2D eigenvalue weighted by Gasteiger charge is 2.38. The molecule has 6 nitrogen and oxygen atoms in total. The molecule has 2 heterocycles. The second kappa shape index (κ2) is 6.26. The standard InChI is InChI=1S/C18H23N3O3/c1-18(2,3)17(22)21-11-5-6-14(21)16-19-15(20-24-16)12-7-9-13(23-4)10-8-12/h7-10,14H,5-6,11H2,1-4H3. The van der Waals surface area contributed by atoms with Gasteiger partial charge in [-0.05, 0) is 37.1 Å². The molecule has 1 aromatic heterocycles. The molecule has 1 aromatic carbocycles. The van der Waals surface area contributed by atoms with Crippen LogP contribution in [-0.2, 0) is 4.79 Å². The van der Waals surface area contributed by atoms with Gasteiger partial charge < -0.3 is 14.2 Å². The molecule has 0 aliphatic carbocycles. The molecule has 3 rings (SSSR count). The summed E-state index contributed by atoms with van der Waals surface area (Å²) in [6.07, 6.45) is 1.80. The molecular formula is C18H23N3O3. The molecule has 0 bridgehead atoms.